The molecule has 0 bridgehead atoms. The van der Waals surface area contributed by atoms with Gasteiger partial charge in [0.1, 0.15) is 5.75 Å². The highest BCUT2D eigenvalue weighted by molar-refractivity contribution is 6.08. The van der Waals surface area contributed by atoms with Gasteiger partial charge in [-0.2, -0.15) is 0 Å². The predicted octanol–water partition coefficient (Wildman–Crippen LogP) is 4.46. The molecule has 0 aromatic heterocycles. The van der Waals surface area contributed by atoms with Crippen LogP contribution in [0.3, 0.4) is 0 Å². The van der Waals surface area contributed by atoms with Gasteiger partial charge in [0.2, 0.25) is 0 Å². The van der Waals surface area contributed by atoms with Gasteiger partial charge >= 0.3 is 0 Å². The lowest BCUT2D eigenvalue weighted by Gasteiger charge is -2.12. The Hall–Kier alpha value is -1.77. The van der Waals surface area contributed by atoms with E-state index in [0.717, 1.165) is 30.4 Å². The van der Waals surface area contributed by atoms with Gasteiger partial charge in [-0.05, 0) is 43.5 Å². The summed E-state index contributed by atoms with van der Waals surface area (Å²) in [5, 5.41) is 8.91. The first-order valence-electron chi connectivity index (χ1n) is 7.25. The number of ether oxygens (including phenoxy) is 1. The zero-order valence-electron chi connectivity index (χ0n) is 12.6. The van der Waals surface area contributed by atoms with Crippen LogP contribution in [0, 0.1) is 0 Å². The molecule has 1 N–H and O–H groups in total. The third kappa shape index (κ3) is 4.41. The first kappa shape index (κ1) is 16.3. The van der Waals surface area contributed by atoms with Crippen LogP contribution in [0.5, 0.6) is 5.75 Å². The number of Topliss-reactive ketones (excluding diaryl/α,β-unsaturated/α-hetero) is 1. The Balaban J connectivity index is 2.82. The van der Waals surface area contributed by atoms with Gasteiger partial charge in [0.15, 0.2) is 5.78 Å². The van der Waals surface area contributed by atoms with Crippen molar-refractivity contribution in [2.24, 2.45) is 0 Å². The van der Waals surface area contributed by atoms with Gasteiger partial charge in [-0.25, -0.2) is 0 Å². The maximum Gasteiger partial charge on any atom is 0.191 e. The number of unbranched alkanes of at least 4 members (excludes halogenated alkanes) is 2. The second-order valence-electron chi connectivity index (χ2n) is 4.87. The molecule has 20 heavy (non-hydrogen) atoms. The Morgan fingerprint density at radius 3 is 2.65 bits per heavy atom. The molecule has 0 saturated carbocycles. The average molecular weight is 276 g/mol. The first-order chi connectivity index (χ1) is 9.63. The lowest BCUT2D eigenvalue weighted by Crippen LogP contribution is -2.04. The molecule has 0 fully saturated rings. The maximum atomic E-state index is 12.0. The number of aliphatic hydroxyl groups is 1. The minimum Gasteiger partial charge on any atom is -0.515 e. The van der Waals surface area contributed by atoms with E-state index < -0.39 is 0 Å². The summed E-state index contributed by atoms with van der Waals surface area (Å²) in [5.41, 5.74) is 1.95. The minimum atomic E-state index is -0.153. The van der Waals surface area contributed by atoms with Crippen LogP contribution in [0.15, 0.2) is 30.0 Å². The molecule has 1 aromatic carbocycles. The van der Waals surface area contributed by atoms with E-state index in [1.54, 1.807) is 13.0 Å². The number of aryl methyl sites for hydroxylation is 1. The fourth-order valence-electron chi connectivity index (χ4n) is 1.96. The zero-order chi connectivity index (χ0) is 15.0. The Labute approximate surface area is 121 Å². The lowest BCUT2D eigenvalue weighted by molar-refractivity contribution is 0.103. The first-order valence-corrected chi connectivity index (χ1v) is 7.25. The molecule has 0 saturated heterocycles. The number of ketones is 1. The van der Waals surface area contributed by atoms with Crippen LogP contribution in [-0.2, 0) is 6.42 Å². The maximum absolute atomic E-state index is 12.0. The third-order valence-corrected chi connectivity index (χ3v) is 3.26. The molecular weight excluding hydrogens is 252 g/mol. The molecule has 0 radical (unpaired) electrons. The van der Waals surface area contributed by atoms with Crippen molar-refractivity contribution in [2.45, 2.75) is 46.5 Å². The van der Waals surface area contributed by atoms with Crippen molar-refractivity contribution in [2.75, 3.05) is 6.61 Å². The van der Waals surface area contributed by atoms with Crippen molar-refractivity contribution >= 4 is 5.78 Å². The number of rotatable bonds is 8. The lowest BCUT2D eigenvalue weighted by atomic mass is 10.0. The highest BCUT2D eigenvalue weighted by atomic mass is 16.5. The zero-order valence-corrected chi connectivity index (χ0v) is 12.6. The van der Waals surface area contributed by atoms with Gasteiger partial charge in [-0.1, -0.05) is 26.7 Å². The van der Waals surface area contributed by atoms with Crippen LogP contribution < -0.4 is 4.74 Å². The number of allylic oxidation sites excluding steroid dienone is 1. The smallest absolute Gasteiger partial charge is 0.191 e. The monoisotopic (exact) mass is 276 g/mol. The van der Waals surface area contributed by atoms with Gasteiger partial charge in [-0.3, -0.25) is 4.79 Å². The molecule has 3 heteroatoms. The van der Waals surface area contributed by atoms with Crippen molar-refractivity contribution in [3.63, 3.8) is 0 Å². The number of aliphatic hydroxyl groups excluding tert-OH is 1. The summed E-state index contributed by atoms with van der Waals surface area (Å²) in [4.78, 5) is 12.0. The Bertz CT molecular complexity index is 475. The number of hydrogen-bond acceptors (Lipinski definition) is 3. The topological polar surface area (TPSA) is 46.5 Å². The van der Waals surface area contributed by atoms with Gasteiger partial charge < -0.3 is 9.84 Å². The van der Waals surface area contributed by atoms with E-state index in [0.29, 0.717) is 17.7 Å². The molecule has 0 aliphatic heterocycles. The van der Waals surface area contributed by atoms with E-state index in [-0.39, 0.29) is 5.78 Å². The van der Waals surface area contributed by atoms with Crippen molar-refractivity contribution < 1.29 is 14.6 Å². The van der Waals surface area contributed by atoms with Crippen LogP contribution in [0.25, 0.3) is 0 Å². The van der Waals surface area contributed by atoms with Gasteiger partial charge in [-0.15, -0.1) is 0 Å². The normalized spacial score (nSPS) is 11.4. The van der Waals surface area contributed by atoms with Crippen LogP contribution in [0.2, 0.25) is 0 Å². The molecular formula is C17H24O3. The van der Waals surface area contributed by atoms with E-state index in [9.17, 15) is 4.79 Å². The molecule has 0 unspecified atom stereocenters. The predicted molar refractivity (Wildman–Crippen MR) is 81.6 cm³/mol. The van der Waals surface area contributed by atoms with Gasteiger partial charge in [0, 0.05) is 11.1 Å². The van der Waals surface area contributed by atoms with E-state index in [1.165, 1.54) is 12.8 Å². The number of carbonyl (C=O) groups is 1. The third-order valence-electron chi connectivity index (χ3n) is 3.26. The summed E-state index contributed by atoms with van der Waals surface area (Å²) in [6.07, 6.45) is 5.05. The van der Waals surface area contributed by atoms with Crippen LogP contribution >= 0.6 is 0 Å². The Morgan fingerprint density at radius 2 is 2.05 bits per heavy atom. The van der Waals surface area contributed by atoms with Crippen LogP contribution in [0.1, 0.15) is 56.0 Å². The molecule has 1 aromatic rings. The van der Waals surface area contributed by atoms with Crippen LogP contribution in [0.4, 0.5) is 0 Å². The molecule has 0 aliphatic rings. The van der Waals surface area contributed by atoms with Crippen molar-refractivity contribution in [3.8, 4) is 5.75 Å². The molecule has 0 spiro atoms. The summed E-state index contributed by atoms with van der Waals surface area (Å²) < 4.78 is 5.78. The molecule has 110 valence electrons. The van der Waals surface area contributed by atoms with Crippen molar-refractivity contribution in [1.82, 2.24) is 0 Å². The van der Waals surface area contributed by atoms with Crippen molar-refractivity contribution in [1.29, 1.82) is 0 Å². The molecule has 0 amide bonds. The van der Waals surface area contributed by atoms with E-state index in [1.807, 2.05) is 19.1 Å². The Kier molecular flexibility index (Phi) is 6.85. The summed E-state index contributed by atoms with van der Waals surface area (Å²) in [5.74, 6) is 0.700. The standard InChI is InChI=1S/C17H24O3/c1-4-6-7-10-20-16-9-8-15(11-14(16)5-2)17(19)13(3)12-18/h8-9,11-12,18H,4-7,10H2,1-3H3. The van der Waals surface area contributed by atoms with E-state index in [4.69, 9.17) is 9.84 Å². The quantitative estimate of drug-likeness (QED) is 0.330. The van der Waals surface area contributed by atoms with E-state index >= 15 is 0 Å². The van der Waals surface area contributed by atoms with E-state index in [2.05, 4.69) is 6.92 Å². The summed E-state index contributed by atoms with van der Waals surface area (Å²) >= 11 is 0. The van der Waals surface area contributed by atoms with Crippen molar-refractivity contribution in [3.05, 3.63) is 41.2 Å². The summed E-state index contributed by atoms with van der Waals surface area (Å²) in [6.45, 7) is 6.51. The second kappa shape index (κ2) is 8.41. The molecule has 0 atom stereocenters. The fourth-order valence-corrected chi connectivity index (χ4v) is 1.96. The fraction of sp³-hybridized carbons (Fsp3) is 0.471. The van der Waals surface area contributed by atoms with Crippen LogP contribution in [-0.4, -0.2) is 17.5 Å². The number of hydrogen-bond donors (Lipinski definition) is 1. The Morgan fingerprint density at radius 1 is 1.30 bits per heavy atom. The summed E-state index contributed by atoms with van der Waals surface area (Å²) in [7, 11) is 0. The number of carbonyl (C=O) groups excluding carboxylic acids is 1. The summed E-state index contributed by atoms with van der Waals surface area (Å²) in [6, 6.07) is 5.46. The highest BCUT2D eigenvalue weighted by Crippen LogP contribution is 2.22. The molecule has 0 heterocycles. The minimum absolute atomic E-state index is 0.153. The average Bonchev–Trinajstić information content (AvgIpc) is 2.50. The molecule has 3 nitrogen and oxygen atoms in total. The number of benzene rings is 1. The molecule has 0 aliphatic carbocycles. The largest absolute Gasteiger partial charge is 0.515 e. The SMILES string of the molecule is CCCCCOc1ccc(C(=O)C(C)=CO)cc1CC. The molecule has 1 rings (SSSR count). The van der Waals surface area contributed by atoms with Gasteiger partial charge in [0.05, 0.1) is 12.9 Å². The van der Waals surface area contributed by atoms with Gasteiger partial charge in [0.25, 0.3) is 0 Å². The second-order valence-corrected chi connectivity index (χ2v) is 4.87. The highest BCUT2D eigenvalue weighted by Gasteiger charge is 2.11.